The van der Waals surface area contributed by atoms with E-state index < -0.39 is 4.92 Å². The number of thioether (sulfide) groups is 1. The number of carbonyl (C=O) groups is 1. The fraction of sp³-hybridized carbons (Fsp3) is 0.188. The molecule has 2 N–H and O–H groups in total. The molecule has 0 aliphatic heterocycles. The Morgan fingerprint density at radius 2 is 2.19 bits per heavy atom. The number of benzene rings is 1. The molecule has 0 saturated heterocycles. The first-order chi connectivity index (χ1) is 12.3. The van der Waals surface area contributed by atoms with Crippen LogP contribution in [-0.4, -0.2) is 21.2 Å². The highest BCUT2D eigenvalue weighted by Crippen LogP contribution is 2.21. The van der Waals surface area contributed by atoms with E-state index in [2.05, 4.69) is 10.3 Å². The molecule has 134 valence electrons. The first-order valence-corrected chi connectivity index (χ1v) is 9.35. The van der Waals surface area contributed by atoms with E-state index in [4.69, 9.17) is 0 Å². The van der Waals surface area contributed by atoms with Gasteiger partial charge in [-0.15, -0.1) is 0 Å². The molecule has 1 aromatic carbocycles. The average molecular weight is 391 g/mol. The lowest BCUT2D eigenvalue weighted by Crippen LogP contribution is -2.27. The molecule has 8 nitrogen and oxygen atoms in total. The number of carbonyl (C=O) groups excluding carboxylic acids is 1. The van der Waals surface area contributed by atoms with Gasteiger partial charge in [-0.05, 0) is 30.8 Å². The maximum Gasteiger partial charge on any atom is 0.346 e. The van der Waals surface area contributed by atoms with Crippen molar-refractivity contribution in [3.63, 3.8) is 0 Å². The van der Waals surface area contributed by atoms with E-state index in [0.29, 0.717) is 16.2 Å². The number of hydrogen-bond acceptors (Lipinski definition) is 6. The third-order valence-electron chi connectivity index (χ3n) is 3.60. The van der Waals surface area contributed by atoms with Crippen molar-refractivity contribution in [2.45, 2.75) is 12.1 Å². The number of amides is 1. The van der Waals surface area contributed by atoms with Crippen LogP contribution in [0.3, 0.4) is 0 Å². The molecule has 3 aromatic rings. The third-order valence-corrected chi connectivity index (χ3v) is 5.62. The number of aryl methyl sites for hydroxylation is 1. The Balaban J connectivity index is 1.73. The van der Waals surface area contributed by atoms with Gasteiger partial charge < -0.3 is 5.32 Å². The van der Waals surface area contributed by atoms with E-state index in [1.54, 1.807) is 13.1 Å². The predicted octanol–water partition coefficient (Wildman–Crippen LogP) is 2.36. The van der Waals surface area contributed by atoms with Crippen LogP contribution in [0.1, 0.15) is 4.88 Å². The van der Waals surface area contributed by atoms with E-state index in [-0.39, 0.29) is 22.9 Å². The van der Waals surface area contributed by atoms with Crippen molar-refractivity contribution in [1.29, 1.82) is 0 Å². The molecule has 0 unspecified atom stereocenters. The summed E-state index contributed by atoms with van der Waals surface area (Å²) in [5.41, 5.74) is 0.140. The van der Waals surface area contributed by atoms with Crippen molar-refractivity contribution in [3.8, 4) is 0 Å². The molecule has 2 aromatic heterocycles. The van der Waals surface area contributed by atoms with E-state index in [1.165, 1.54) is 45.9 Å². The van der Waals surface area contributed by atoms with Crippen LogP contribution in [-0.2, 0) is 11.8 Å². The number of fused-ring (bicyclic) bond motifs is 1. The molecular formula is C16H15N4O4S2+. The summed E-state index contributed by atoms with van der Waals surface area (Å²) in [4.78, 5) is 39.7. The maximum absolute atomic E-state index is 12.4. The molecule has 0 aliphatic carbocycles. The van der Waals surface area contributed by atoms with Crippen LogP contribution in [0.5, 0.6) is 0 Å². The quantitative estimate of drug-likeness (QED) is 0.311. The number of rotatable bonds is 5. The summed E-state index contributed by atoms with van der Waals surface area (Å²) >= 11 is 2.68. The minimum absolute atomic E-state index is 0.0579. The molecule has 26 heavy (non-hydrogen) atoms. The van der Waals surface area contributed by atoms with E-state index in [0.717, 1.165) is 9.71 Å². The summed E-state index contributed by atoms with van der Waals surface area (Å²) < 4.78 is 1.47. The van der Waals surface area contributed by atoms with Gasteiger partial charge >= 0.3 is 10.7 Å². The molecule has 0 atom stereocenters. The second kappa shape index (κ2) is 7.26. The fourth-order valence-corrected chi connectivity index (χ4v) is 4.14. The Morgan fingerprint density at radius 1 is 1.42 bits per heavy atom. The number of thiophene rings is 1. The lowest BCUT2D eigenvalue weighted by atomic mass is 10.3. The number of aromatic nitrogens is 2. The third kappa shape index (κ3) is 3.75. The number of nitrogens with one attached hydrogen (secondary N) is 2. The highest BCUT2D eigenvalue weighted by atomic mass is 32.2. The van der Waals surface area contributed by atoms with Gasteiger partial charge in [0.25, 0.3) is 5.69 Å². The Hall–Kier alpha value is -2.72. The van der Waals surface area contributed by atoms with Crippen molar-refractivity contribution >= 4 is 50.6 Å². The molecule has 0 spiro atoms. The summed E-state index contributed by atoms with van der Waals surface area (Å²) in [5, 5.41) is 14.6. The zero-order valence-corrected chi connectivity index (χ0v) is 15.6. The van der Waals surface area contributed by atoms with Gasteiger partial charge in [-0.25, -0.2) is 9.78 Å². The monoisotopic (exact) mass is 391 g/mol. The van der Waals surface area contributed by atoms with Crippen LogP contribution in [0.4, 0.5) is 11.4 Å². The number of nitro groups is 1. The molecule has 2 heterocycles. The lowest BCUT2D eigenvalue weighted by molar-refractivity contribution is -0.404. The van der Waals surface area contributed by atoms with E-state index in [9.17, 15) is 19.7 Å². The van der Waals surface area contributed by atoms with Crippen molar-refractivity contribution in [2.75, 3.05) is 11.1 Å². The molecule has 0 bridgehead atoms. The molecule has 10 heteroatoms. The number of hydrogen-bond donors (Lipinski definition) is 1. The first kappa shape index (κ1) is 18.1. The lowest BCUT2D eigenvalue weighted by Gasteiger charge is -2.04. The smallest absolute Gasteiger partial charge is 0.325 e. The highest BCUT2D eigenvalue weighted by Gasteiger charge is 2.19. The van der Waals surface area contributed by atoms with E-state index >= 15 is 0 Å². The average Bonchev–Trinajstić information content (AvgIpc) is 2.97. The molecule has 3 rings (SSSR count). The normalized spacial score (nSPS) is 10.8. The van der Waals surface area contributed by atoms with Crippen molar-refractivity contribution < 1.29 is 14.7 Å². The zero-order valence-electron chi connectivity index (χ0n) is 13.9. The van der Waals surface area contributed by atoms with Crippen LogP contribution in [0, 0.1) is 17.0 Å². The molecular weight excluding hydrogens is 376 g/mol. The Bertz CT molecular complexity index is 1070. The number of non-ortho nitro benzene ring substituents is 1. The maximum atomic E-state index is 12.4. The van der Waals surface area contributed by atoms with Crippen LogP contribution in [0.25, 0.3) is 10.2 Å². The largest absolute Gasteiger partial charge is 0.346 e. The SMILES string of the molecule is Cc1cc2c(=O)n(C)c(SCC(=O)Nc3cccc([N+](=O)[O-])c3)[nH+]c2s1. The van der Waals surface area contributed by atoms with Crippen LogP contribution in [0.15, 0.2) is 40.3 Å². The van der Waals surface area contributed by atoms with Gasteiger partial charge in [0, 0.05) is 22.7 Å². The van der Waals surface area contributed by atoms with Gasteiger partial charge in [-0.2, -0.15) is 4.57 Å². The number of nitro benzene ring substituents is 1. The second-order valence-corrected chi connectivity index (χ2v) is 7.76. The molecule has 1 amide bonds. The summed E-state index contributed by atoms with van der Waals surface area (Å²) in [6.45, 7) is 1.93. The zero-order chi connectivity index (χ0) is 18.8. The molecule has 0 fully saturated rings. The van der Waals surface area contributed by atoms with Gasteiger partial charge in [0.2, 0.25) is 5.91 Å². The summed E-state index contributed by atoms with van der Waals surface area (Å²) in [7, 11) is 1.64. The molecule has 0 aliphatic rings. The van der Waals surface area contributed by atoms with Gasteiger partial charge in [0.1, 0.15) is 5.39 Å². The van der Waals surface area contributed by atoms with Crippen LogP contribution < -0.4 is 15.9 Å². The van der Waals surface area contributed by atoms with E-state index in [1.807, 2.05) is 13.0 Å². The number of nitrogens with zero attached hydrogens (tertiary/aromatic N) is 2. The highest BCUT2D eigenvalue weighted by molar-refractivity contribution is 7.99. The summed E-state index contributed by atoms with van der Waals surface area (Å²) in [5.74, 6) is -0.263. The summed E-state index contributed by atoms with van der Waals surface area (Å²) in [6, 6.07) is 7.57. The minimum atomic E-state index is -0.520. The Kier molecular flexibility index (Phi) is 5.05. The van der Waals surface area contributed by atoms with Crippen molar-refractivity contribution in [3.05, 3.63) is 55.7 Å². The topological polar surface area (TPSA) is 108 Å². The standard InChI is InChI=1S/C16H14N4O4S2/c1-9-6-12-14(26-9)18-16(19(2)15(12)22)25-8-13(21)17-10-4-3-5-11(7-10)20(23)24/h3-7H,8H2,1-2H3,(H,17,21)/p+1. The van der Waals surface area contributed by atoms with Gasteiger partial charge in [0.15, 0.2) is 4.83 Å². The minimum Gasteiger partial charge on any atom is -0.325 e. The Morgan fingerprint density at radius 3 is 2.92 bits per heavy atom. The Labute approximate surface area is 156 Å². The van der Waals surface area contributed by atoms with Crippen LogP contribution >= 0.6 is 23.1 Å². The number of anilines is 1. The number of H-pyrrole nitrogens is 1. The summed E-state index contributed by atoms with van der Waals surface area (Å²) in [6.07, 6.45) is 0. The predicted molar refractivity (Wildman–Crippen MR) is 101 cm³/mol. The van der Waals surface area contributed by atoms with Crippen LogP contribution in [0.2, 0.25) is 0 Å². The number of aromatic amines is 1. The second-order valence-electron chi connectivity index (χ2n) is 5.54. The van der Waals surface area contributed by atoms with Crippen molar-refractivity contribution in [1.82, 2.24) is 4.57 Å². The van der Waals surface area contributed by atoms with Gasteiger partial charge in [-0.1, -0.05) is 17.4 Å². The van der Waals surface area contributed by atoms with Gasteiger partial charge in [0.05, 0.1) is 17.7 Å². The van der Waals surface area contributed by atoms with Gasteiger partial charge in [-0.3, -0.25) is 14.9 Å². The molecule has 0 saturated carbocycles. The molecule has 0 radical (unpaired) electrons. The fourth-order valence-electron chi connectivity index (χ4n) is 2.38. The first-order valence-electron chi connectivity index (χ1n) is 7.54. The van der Waals surface area contributed by atoms with Crippen molar-refractivity contribution in [2.24, 2.45) is 7.05 Å².